The summed E-state index contributed by atoms with van der Waals surface area (Å²) in [6.07, 6.45) is 0.995. The van der Waals surface area contributed by atoms with Gasteiger partial charge in [0.25, 0.3) is 0 Å². The van der Waals surface area contributed by atoms with Crippen LogP contribution >= 0.6 is 11.8 Å². The van der Waals surface area contributed by atoms with Crippen molar-refractivity contribution in [1.29, 1.82) is 0 Å². The Hall–Kier alpha value is -2.67. The maximum atomic E-state index is 14.1. The van der Waals surface area contributed by atoms with Gasteiger partial charge in [0.2, 0.25) is 5.91 Å². The Bertz CT molecular complexity index is 1000. The number of nitrogens with zero attached hydrogens (tertiary/aromatic N) is 3. The summed E-state index contributed by atoms with van der Waals surface area (Å²) in [5, 5.41) is 11.5. The number of benzene rings is 2. The van der Waals surface area contributed by atoms with Crippen molar-refractivity contribution in [3.05, 3.63) is 59.9 Å². The highest BCUT2D eigenvalue weighted by molar-refractivity contribution is 8.00. The van der Waals surface area contributed by atoms with Crippen LogP contribution < -0.4 is 5.32 Å². The van der Waals surface area contributed by atoms with Crippen LogP contribution in [0.25, 0.3) is 11.4 Å². The summed E-state index contributed by atoms with van der Waals surface area (Å²) in [6, 6.07) is 14.3. The van der Waals surface area contributed by atoms with Crippen molar-refractivity contribution in [1.82, 2.24) is 14.8 Å². The first-order valence-electron chi connectivity index (χ1n) is 9.63. The fourth-order valence-corrected chi connectivity index (χ4v) is 3.82. The summed E-state index contributed by atoms with van der Waals surface area (Å²) >= 11 is 1.29. The molecule has 2 aromatic carbocycles. The third kappa shape index (κ3) is 4.67. The Morgan fingerprint density at radius 2 is 1.83 bits per heavy atom. The smallest absolute Gasteiger partial charge is 0.237 e. The van der Waals surface area contributed by atoms with E-state index in [0.717, 1.165) is 17.7 Å². The number of carbonyl (C=O) groups is 1. The fourth-order valence-electron chi connectivity index (χ4n) is 3.00. The van der Waals surface area contributed by atoms with E-state index in [9.17, 15) is 9.18 Å². The lowest BCUT2D eigenvalue weighted by atomic mass is 9.97. The van der Waals surface area contributed by atoms with Gasteiger partial charge in [-0.3, -0.25) is 4.79 Å². The fraction of sp³-hybridized carbons (Fsp3) is 0.318. The predicted molar refractivity (Wildman–Crippen MR) is 115 cm³/mol. The Labute approximate surface area is 174 Å². The summed E-state index contributed by atoms with van der Waals surface area (Å²) in [6.45, 7) is 6.10. The molecule has 0 aliphatic heterocycles. The Kier molecular flexibility index (Phi) is 6.69. The molecule has 3 rings (SSSR count). The van der Waals surface area contributed by atoms with Gasteiger partial charge in [-0.25, -0.2) is 4.39 Å². The van der Waals surface area contributed by atoms with Crippen LogP contribution in [0.1, 0.15) is 38.7 Å². The first-order chi connectivity index (χ1) is 13.9. The summed E-state index contributed by atoms with van der Waals surface area (Å²) in [7, 11) is 1.77. The van der Waals surface area contributed by atoms with Crippen LogP contribution in [0.2, 0.25) is 0 Å². The molecule has 0 fully saturated rings. The molecule has 7 heteroatoms. The molecular formula is C22H25FN4OS. The van der Waals surface area contributed by atoms with E-state index in [-0.39, 0.29) is 11.7 Å². The first-order valence-corrected chi connectivity index (χ1v) is 10.5. The van der Waals surface area contributed by atoms with Gasteiger partial charge in [-0.15, -0.1) is 10.2 Å². The average Bonchev–Trinajstić information content (AvgIpc) is 3.08. The Balaban J connectivity index is 1.74. The van der Waals surface area contributed by atoms with Gasteiger partial charge < -0.3 is 9.88 Å². The second-order valence-electron chi connectivity index (χ2n) is 6.99. The number of hydrogen-bond acceptors (Lipinski definition) is 4. The van der Waals surface area contributed by atoms with Gasteiger partial charge in [0.1, 0.15) is 5.82 Å². The molecule has 0 spiro atoms. The normalized spacial score (nSPS) is 13.1. The maximum absolute atomic E-state index is 14.1. The zero-order valence-corrected chi connectivity index (χ0v) is 17.8. The lowest BCUT2D eigenvalue weighted by Gasteiger charge is -2.17. The van der Waals surface area contributed by atoms with E-state index >= 15 is 0 Å². The molecule has 2 atom stereocenters. The maximum Gasteiger partial charge on any atom is 0.237 e. The molecule has 1 N–H and O–H groups in total. The standard InChI is InChI=1S/C22H25FN4OS/c1-5-14(2)16-10-7-9-13-19(16)24-21(28)15(3)29-22-26-25-20(27(22)4)17-11-6-8-12-18(17)23/h6-15H,5H2,1-4H3,(H,24,28). The highest BCUT2D eigenvalue weighted by atomic mass is 32.2. The van der Waals surface area contributed by atoms with Gasteiger partial charge in [-0.1, -0.05) is 55.9 Å². The highest BCUT2D eigenvalue weighted by Gasteiger charge is 2.21. The van der Waals surface area contributed by atoms with Crippen molar-refractivity contribution in [2.24, 2.45) is 7.05 Å². The average molecular weight is 413 g/mol. The van der Waals surface area contributed by atoms with E-state index in [1.807, 2.05) is 31.2 Å². The molecule has 1 heterocycles. The summed E-state index contributed by atoms with van der Waals surface area (Å²) in [4.78, 5) is 12.8. The lowest BCUT2D eigenvalue weighted by Crippen LogP contribution is -2.23. The van der Waals surface area contributed by atoms with E-state index in [4.69, 9.17) is 0 Å². The van der Waals surface area contributed by atoms with Crippen LogP contribution in [0.15, 0.2) is 53.7 Å². The van der Waals surface area contributed by atoms with Gasteiger partial charge in [0, 0.05) is 12.7 Å². The van der Waals surface area contributed by atoms with Crippen molar-refractivity contribution >= 4 is 23.4 Å². The van der Waals surface area contributed by atoms with E-state index in [0.29, 0.717) is 22.5 Å². The summed E-state index contributed by atoms with van der Waals surface area (Å²) in [5.41, 5.74) is 2.35. The van der Waals surface area contributed by atoms with Gasteiger partial charge in [-0.05, 0) is 43.0 Å². The molecule has 0 aliphatic rings. The number of thioether (sulfide) groups is 1. The molecule has 2 unspecified atom stereocenters. The van der Waals surface area contributed by atoms with E-state index in [1.54, 1.807) is 29.8 Å². The second-order valence-corrected chi connectivity index (χ2v) is 8.30. The van der Waals surface area contributed by atoms with Crippen LogP contribution in [0.4, 0.5) is 10.1 Å². The van der Waals surface area contributed by atoms with Crippen molar-refractivity contribution in [2.45, 2.75) is 43.5 Å². The number of para-hydroxylation sites is 1. The molecule has 1 aromatic heterocycles. The minimum absolute atomic E-state index is 0.110. The third-order valence-electron chi connectivity index (χ3n) is 4.96. The van der Waals surface area contributed by atoms with E-state index in [2.05, 4.69) is 29.4 Å². The number of carbonyl (C=O) groups excluding carboxylic acids is 1. The highest BCUT2D eigenvalue weighted by Crippen LogP contribution is 2.29. The number of halogens is 1. The molecule has 5 nitrogen and oxygen atoms in total. The van der Waals surface area contributed by atoms with E-state index < -0.39 is 5.25 Å². The number of aromatic nitrogens is 3. The van der Waals surface area contributed by atoms with E-state index in [1.165, 1.54) is 17.8 Å². The number of amides is 1. The summed E-state index contributed by atoms with van der Waals surface area (Å²) in [5.74, 6) is 0.324. The van der Waals surface area contributed by atoms with Crippen LogP contribution in [0, 0.1) is 5.82 Å². The second kappa shape index (κ2) is 9.22. The largest absolute Gasteiger partial charge is 0.325 e. The minimum atomic E-state index is -0.392. The predicted octanol–water partition coefficient (Wildman–Crippen LogP) is 5.25. The van der Waals surface area contributed by atoms with Crippen molar-refractivity contribution < 1.29 is 9.18 Å². The molecule has 0 saturated heterocycles. The molecular weight excluding hydrogens is 387 g/mol. The zero-order chi connectivity index (χ0) is 21.0. The van der Waals surface area contributed by atoms with Crippen LogP contribution in [0.3, 0.4) is 0 Å². The topological polar surface area (TPSA) is 59.8 Å². The van der Waals surface area contributed by atoms with Crippen molar-refractivity contribution in [3.63, 3.8) is 0 Å². The number of anilines is 1. The Morgan fingerprint density at radius 3 is 2.55 bits per heavy atom. The molecule has 3 aromatic rings. The van der Waals surface area contributed by atoms with Crippen LogP contribution in [-0.2, 0) is 11.8 Å². The third-order valence-corrected chi connectivity index (χ3v) is 6.10. The van der Waals surface area contributed by atoms with Crippen LogP contribution in [0.5, 0.6) is 0 Å². The SMILES string of the molecule is CCC(C)c1ccccc1NC(=O)C(C)Sc1nnc(-c2ccccc2F)n1C. The molecule has 29 heavy (non-hydrogen) atoms. The minimum Gasteiger partial charge on any atom is -0.325 e. The van der Waals surface area contributed by atoms with Gasteiger partial charge >= 0.3 is 0 Å². The number of nitrogens with one attached hydrogen (secondary N) is 1. The van der Waals surface area contributed by atoms with Gasteiger partial charge in [0.15, 0.2) is 11.0 Å². The molecule has 0 saturated carbocycles. The number of rotatable bonds is 7. The molecule has 0 aliphatic carbocycles. The Morgan fingerprint density at radius 1 is 1.14 bits per heavy atom. The monoisotopic (exact) mass is 412 g/mol. The number of hydrogen-bond donors (Lipinski definition) is 1. The molecule has 152 valence electrons. The first kappa shape index (κ1) is 21.0. The van der Waals surface area contributed by atoms with Crippen molar-refractivity contribution in [2.75, 3.05) is 5.32 Å². The molecule has 0 radical (unpaired) electrons. The molecule has 0 bridgehead atoms. The quantitative estimate of drug-likeness (QED) is 0.538. The van der Waals surface area contributed by atoms with Crippen molar-refractivity contribution in [3.8, 4) is 11.4 Å². The van der Waals surface area contributed by atoms with Gasteiger partial charge in [0.05, 0.1) is 10.8 Å². The lowest BCUT2D eigenvalue weighted by molar-refractivity contribution is -0.115. The van der Waals surface area contributed by atoms with Gasteiger partial charge in [-0.2, -0.15) is 0 Å². The van der Waals surface area contributed by atoms with Crippen LogP contribution in [-0.4, -0.2) is 25.9 Å². The zero-order valence-electron chi connectivity index (χ0n) is 17.0. The molecule has 1 amide bonds. The summed E-state index contributed by atoms with van der Waals surface area (Å²) < 4.78 is 15.8.